The molecule has 54 heavy (non-hydrogen) atoms. The molecule has 272 valence electrons. The van der Waals surface area contributed by atoms with Crippen LogP contribution in [0.5, 0.6) is 0 Å². The summed E-state index contributed by atoms with van der Waals surface area (Å²) in [4.78, 5) is 27.4. The number of carbonyl (C=O) groups excluding carboxylic acids is 2. The summed E-state index contributed by atoms with van der Waals surface area (Å²) in [7, 11) is 0. The van der Waals surface area contributed by atoms with E-state index in [0.29, 0.717) is 0 Å². The number of hydrogen-bond donors (Lipinski definition) is 1. The van der Waals surface area contributed by atoms with Gasteiger partial charge in [-0.2, -0.15) is 0 Å². The maximum atomic E-state index is 13.8. The van der Waals surface area contributed by atoms with Crippen LogP contribution in [-0.2, 0) is 35.9 Å². The van der Waals surface area contributed by atoms with Crippen LogP contribution in [0.25, 0.3) is 0 Å². The summed E-state index contributed by atoms with van der Waals surface area (Å²) in [5.41, 5.74) is 2.73. The third-order valence-corrected chi connectivity index (χ3v) is 9.39. The van der Waals surface area contributed by atoms with Gasteiger partial charge in [0.1, 0.15) is 18.3 Å². The van der Waals surface area contributed by atoms with Crippen LogP contribution >= 0.6 is 0 Å². The smallest absolute Gasteiger partial charge is 0.338 e. The van der Waals surface area contributed by atoms with E-state index in [1.165, 1.54) is 0 Å². The minimum atomic E-state index is -2.25. The molecule has 6 aromatic carbocycles. The summed E-state index contributed by atoms with van der Waals surface area (Å²) >= 11 is 0. The molecule has 0 amide bonds. The number of carbonyl (C=O) groups is 2. The molecule has 7 rings (SSSR count). The van der Waals surface area contributed by atoms with E-state index in [-0.39, 0.29) is 24.3 Å². The zero-order valence-electron chi connectivity index (χ0n) is 29.5. The normalized spacial score (nSPS) is 19.5. The molecule has 1 aliphatic heterocycles. The standard InChI is InChI=1S/C46H40O8/c47-43(35-21-9-2-10-22-35)52-41-40(32-51-46(37-25-13-4-14-26-37,38-27-15-5-16-28-38)39-29-17-6-18-30-39)54-45(49,33-50-31-34-19-7-1-8-20-34)42(41)53-44(48)36-23-11-3-12-24-36/h1-30,40-42,49H,31-33H2/t40-,41-,42?,45-/m1/s1. The van der Waals surface area contributed by atoms with E-state index in [0.717, 1.165) is 22.3 Å². The summed E-state index contributed by atoms with van der Waals surface area (Å²) in [6.45, 7) is -0.474. The van der Waals surface area contributed by atoms with Crippen LogP contribution in [0.2, 0.25) is 0 Å². The zero-order chi connectivity index (χ0) is 37.2. The second-order valence-electron chi connectivity index (χ2n) is 13.0. The Morgan fingerprint density at radius 2 is 0.981 bits per heavy atom. The van der Waals surface area contributed by atoms with Crippen LogP contribution in [0, 0.1) is 0 Å². The molecule has 4 atom stereocenters. The fourth-order valence-corrected chi connectivity index (χ4v) is 6.78. The Kier molecular flexibility index (Phi) is 11.4. The number of rotatable bonds is 14. The van der Waals surface area contributed by atoms with Gasteiger partial charge in [-0.1, -0.05) is 158 Å². The molecule has 8 nitrogen and oxygen atoms in total. The molecular formula is C46H40O8. The average molecular weight is 721 g/mol. The van der Waals surface area contributed by atoms with Crippen LogP contribution < -0.4 is 0 Å². The summed E-state index contributed by atoms with van der Waals surface area (Å²) in [5, 5.41) is 12.4. The van der Waals surface area contributed by atoms with E-state index in [4.69, 9.17) is 23.7 Å². The highest BCUT2D eigenvalue weighted by atomic mass is 16.7. The highest BCUT2D eigenvalue weighted by Crippen LogP contribution is 2.43. The molecule has 0 spiro atoms. The van der Waals surface area contributed by atoms with Crippen molar-refractivity contribution in [3.8, 4) is 0 Å². The van der Waals surface area contributed by atoms with Crippen molar-refractivity contribution in [2.75, 3.05) is 13.2 Å². The minimum Gasteiger partial charge on any atom is -0.452 e. The van der Waals surface area contributed by atoms with Crippen molar-refractivity contribution < 1.29 is 38.4 Å². The van der Waals surface area contributed by atoms with E-state index in [1.54, 1.807) is 60.7 Å². The zero-order valence-corrected chi connectivity index (χ0v) is 29.5. The van der Waals surface area contributed by atoms with E-state index in [1.807, 2.05) is 121 Å². The number of esters is 2. The minimum absolute atomic E-state index is 0.140. The third kappa shape index (κ3) is 8.02. The quantitative estimate of drug-likeness (QED) is 0.0901. The molecule has 1 N–H and O–H groups in total. The monoisotopic (exact) mass is 720 g/mol. The molecule has 1 fully saturated rings. The molecule has 0 aromatic heterocycles. The Labute approximate surface area is 314 Å². The molecule has 0 radical (unpaired) electrons. The van der Waals surface area contributed by atoms with Crippen molar-refractivity contribution in [1.82, 2.24) is 0 Å². The van der Waals surface area contributed by atoms with Gasteiger partial charge in [-0.25, -0.2) is 9.59 Å². The maximum Gasteiger partial charge on any atom is 0.338 e. The fourth-order valence-electron chi connectivity index (χ4n) is 6.78. The predicted molar refractivity (Wildman–Crippen MR) is 202 cm³/mol. The molecule has 0 bridgehead atoms. The topological polar surface area (TPSA) is 101 Å². The van der Waals surface area contributed by atoms with Crippen LogP contribution in [0.15, 0.2) is 182 Å². The lowest BCUT2D eigenvalue weighted by molar-refractivity contribution is -0.259. The number of aliphatic hydroxyl groups is 1. The SMILES string of the molecule is O=C(OC1[C@H](OC(=O)c2ccccc2)[C@@H](COC(c2ccccc2)(c2ccccc2)c2ccccc2)O[C@]1(O)COCc1ccccc1)c1ccccc1. The number of hydrogen-bond acceptors (Lipinski definition) is 8. The van der Waals surface area contributed by atoms with Crippen LogP contribution in [-0.4, -0.2) is 54.4 Å². The van der Waals surface area contributed by atoms with Gasteiger partial charge >= 0.3 is 11.9 Å². The molecule has 1 saturated heterocycles. The maximum absolute atomic E-state index is 13.8. The average Bonchev–Trinajstić information content (AvgIpc) is 3.49. The lowest BCUT2D eigenvalue weighted by Gasteiger charge is -2.37. The number of benzene rings is 6. The highest BCUT2D eigenvalue weighted by Gasteiger charge is 2.60. The highest BCUT2D eigenvalue weighted by molar-refractivity contribution is 5.90. The van der Waals surface area contributed by atoms with Crippen molar-refractivity contribution in [2.24, 2.45) is 0 Å². The molecule has 6 aromatic rings. The van der Waals surface area contributed by atoms with Gasteiger partial charge in [-0.3, -0.25) is 0 Å². The van der Waals surface area contributed by atoms with E-state index >= 15 is 0 Å². The van der Waals surface area contributed by atoms with Gasteiger partial charge in [-0.05, 0) is 46.5 Å². The fraction of sp³-hybridized carbons (Fsp3) is 0.174. The van der Waals surface area contributed by atoms with Crippen LogP contribution in [0.3, 0.4) is 0 Å². The first-order valence-corrected chi connectivity index (χ1v) is 17.8. The Balaban J connectivity index is 1.28. The Bertz CT molecular complexity index is 1980. The van der Waals surface area contributed by atoms with Crippen molar-refractivity contribution in [1.29, 1.82) is 0 Å². The predicted octanol–water partition coefficient (Wildman–Crippen LogP) is 7.75. The summed E-state index contributed by atoms with van der Waals surface area (Å²) < 4.78 is 31.8. The van der Waals surface area contributed by atoms with Gasteiger partial charge < -0.3 is 28.8 Å². The first-order chi connectivity index (χ1) is 26.5. The van der Waals surface area contributed by atoms with Gasteiger partial charge in [0.05, 0.1) is 24.3 Å². The second-order valence-corrected chi connectivity index (χ2v) is 13.0. The Morgan fingerprint density at radius 1 is 0.574 bits per heavy atom. The van der Waals surface area contributed by atoms with Crippen LogP contribution in [0.4, 0.5) is 0 Å². The van der Waals surface area contributed by atoms with Crippen LogP contribution in [0.1, 0.15) is 43.0 Å². The lowest BCUT2D eigenvalue weighted by Crippen LogP contribution is -2.50. The first-order valence-electron chi connectivity index (χ1n) is 17.8. The number of ether oxygens (including phenoxy) is 5. The van der Waals surface area contributed by atoms with Gasteiger partial charge in [0.2, 0.25) is 5.79 Å². The molecule has 1 heterocycles. The Hall–Kier alpha value is -5.90. The Morgan fingerprint density at radius 3 is 1.44 bits per heavy atom. The van der Waals surface area contributed by atoms with Crippen molar-refractivity contribution >= 4 is 11.9 Å². The van der Waals surface area contributed by atoms with Gasteiger partial charge in [0, 0.05) is 0 Å². The molecule has 0 aliphatic carbocycles. The molecule has 8 heteroatoms. The van der Waals surface area contributed by atoms with Gasteiger partial charge in [0.25, 0.3) is 0 Å². The molecule has 1 aliphatic rings. The van der Waals surface area contributed by atoms with E-state index in [2.05, 4.69) is 0 Å². The van der Waals surface area contributed by atoms with E-state index in [9.17, 15) is 14.7 Å². The summed E-state index contributed by atoms with van der Waals surface area (Å²) in [6, 6.07) is 55.7. The van der Waals surface area contributed by atoms with Gasteiger partial charge in [0.15, 0.2) is 12.2 Å². The first kappa shape index (κ1) is 36.5. The molecule has 1 unspecified atom stereocenters. The summed E-state index contributed by atoms with van der Waals surface area (Å²) in [5.74, 6) is -3.67. The van der Waals surface area contributed by atoms with E-state index < -0.39 is 48.2 Å². The van der Waals surface area contributed by atoms with Crippen molar-refractivity contribution in [3.05, 3.63) is 215 Å². The molecule has 0 saturated carbocycles. The lowest BCUT2D eigenvalue weighted by atomic mass is 9.80. The summed E-state index contributed by atoms with van der Waals surface area (Å²) in [6.07, 6.45) is -3.97. The second kappa shape index (κ2) is 16.8. The largest absolute Gasteiger partial charge is 0.452 e. The molecular weight excluding hydrogens is 680 g/mol. The van der Waals surface area contributed by atoms with Crippen molar-refractivity contribution in [3.63, 3.8) is 0 Å². The van der Waals surface area contributed by atoms with Gasteiger partial charge in [-0.15, -0.1) is 0 Å². The van der Waals surface area contributed by atoms with Crippen molar-refractivity contribution in [2.45, 2.75) is 36.3 Å². The third-order valence-electron chi connectivity index (χ3n) is 9.39.